The van der Waals surface area contributed by atoms with E-state index < -0.39 is 0 Å². The van der Waals surface area contributed by atoms with Gasteiger partial charge in [-0.15, -0.1) is 0 Å². The van der Waals surface area contributed by atoms with Gasteiger partial charge in [0.25, 0.3) is 0 Å². The first-order valence-corrected chi connectivity index (χ1v) is 7.72. The van der Waals surface area contributed by atoms with Crippen molar-refractivity contribution < 1.29 is 4.42 Å². The van der Waals surface area contributed by atoms with Gasteiger partial charge in [-0.2, -0.15) is 0 Å². The lowest BCUT2D eigenvalue weighted by molar-refractivity contribution is 0.158. The Bertz CT molecular complexity index is 342. The minimum Gasteiger partial charge on any atom is -0.468 e. The average molecular weight is 264 g/mol. The highest BCUT2D eigenvalue weighted by atomic mass is 16.3. The predicted molar refractivity (Wildman–Crippen MR) is 79.2 cm³/mol. The molecule has 3 nitrogen and oxygen atoms in total. The first kappa shape index (κ1) is 14.6. The highest BCUT2D eigenvalue weighted by Gasteiger charge is 2.24. The molecule has 0 spiro atoms. The maximum absolute atomic E-state index is 5.46. The molecule has 1 unspecified atom stereocenters. The summed E-state index contributed by atoms with van der Waals surface area (Å²) < 4.78 is 5.46. The molecule has 1 aromatic heterocycles. The van der Waals surface area contributed by atoms with Crippen LogP contribution in [0.4, 0.5) is 0 Å². The number of nitrogens with one attached hydrogen (secondary N) is 1. The van der Waals surface area contributed by atoms with Gasteiger partial charge >= 0.3 is 0 Å². The van der Waals surface area contributed by atoms with E-state index in [1.54, 1.807) is 6.26 Å². The van der Waals surface area contributed by atoms with Gasteiger partial charge in [-0.25, -0.2) is 0 Å². The van der Waals surface area contributed by atoms with Crippen molar-refractivity contribution in [3.8, 4) is 0 Å². The van der Waals surface area contributed by atoms with Crippen molar-refractivity contribution >= 4 is 0 Å². The Labute approximate surface area is 117 Å². The van der Waals surface area contributed by atoms with Crippen LogP contribution in [-0.2, 0) is 0 Å². The van der Waals surface area contributed by atoms with Gasteiger partial charge < -0.3 is 14.6 Å². The molecule has 19 heavy (non-hydrogen) atoms. The Hall–Kier alpha value is -0.800. The summed E-state index contributed by atoms with van der Waals surface area (Å²) in [6, 6.07) is 4.87. The molecule has 0 amide bonds. The van der Waals surface area contributed by atoms with E-state index in [-0.39, 0.29) is 0 Å². The molecular formula is C16H28N2O. The molecule has 2 atom stereocenters. The second-order valence-corrected chi connectivity index (χ2v) is 5.87. The second kappa shape index (κ2) is 7.11. The minimum atomic E-state index is 0.304. The van der Waals surface area contributed by atoms with Crippen LogP contribution in [0.25, 0.3) is 0 Å². The summed E-state index contributed by atoms with van der Waals surface area (Å²) in [4.78, 5) is 2.60. The molecule has 1 aliphatic rings. The van der Waals surface area contributed by atoms with Gasteiger partial charge in [-0.05, 0) is 70.8 Å². The first-order valence-electron chi connectivity index (χ1n) is 7.72. The van der Waals surface area contributed by atoms with Crippen molar-refractivity contribution in [2.24, 2.45) is 5.92 Å². The van der Waals surface area contributed by atoms with Gasteiger partial charge in [-0.1, -0.05) is 6.92 Å². The molecule has 1 aromatic rings. The highest BCUT2D eigenvalue weighted by Crippen LogP contribution is 2.23. The second-order valence-electron chi connectivity index (χ2n) is 5.87. The van der Waals surface area contributed by atoms with Crippen LogP contribution in [0.15, 0.2) is 22.8 Å². The van der Waals surface area contributed by atoms with Gasteiger partial charge in [0, 0.05) is 6.04 Å². The Balaban J connectivity index is 1.76. The van der Waals surface area contributed by atoms with E-state index >= 15 is 0 Å². The number of hydrogen-bond acceptors (Lipinski definition) is 3. The van der Waals surface area contributed by atoms with Crippen molar-refractivity contribution in [3.05, 3.63) is 24.2 Å². The fourth-order valence-electron chi connectivity index (χ4n) is 3.14. The maximum Gasteiger partial charge on any atom is 0.120 e. The van der Waals surface area contributed by atoms with Crippen molar-refractivity contribution in [3.63, 3.8) is 0 Å². The van der Waals surface area contributed by atoms with Crippen molar-refractivity contribution in [2.75, 3.05) is 19.6 Å². The van der Waals surface area contributed by atoms with Gasteiger partial charge in [0.15, 0.2) is 0 Å². The molecule has 1 fully saturated rings. The smallest absolute Gasteiger partial charge is 0.120 e. The van der Waals surface area contributed by atoms with Gasteiger partial charge in [0.1, 0.15) is 5.76 Å². The van der Waals surface area contributed by atoms with Gasteiger partial charge in [-0.3, -0.25) is 0 Å². The monoisotopic (exact) mass is 264 g/mol. The molecule has 2 rings (SSSR count). The first-order chi connectivity index (χ1) is 9.20. The zero-order valence-corrected chi connectivity index (χ0v) is 12.6. The van der Waals surface area contributed by atoms with Crippen molar-refractivity contribution in [1.82, 2.24) is 10.2 Å². The Morgan fingerprint density at radius 2 is 2.11 bits per heavy atom. The lowest BCUT2D eigenvalue weighted by atomic mass is 9.90. The fraction of sp³-hybridized carbons (Fsp3) is 0.750. The molecule has 0 aliphatic carbocycles. The molecule has 0 saturated carbocycles. The molecule has 0 radical (unpaired) electrons. The van der Waals surface area contributed by atoms with Crippen LogP contribution in [0, 0.1) is 5.92 Å². The van der Waals surface area contributed by atoms with Crippen LogP contribution in [0.2, 0.25) is 0 Å². The Kier molecular flexibility index (Phi) is 5.46. The van der Waals surface area contributed by atoms with Crippen LogP contribution in [0.3, 0.4) is 0 Å². The fourth-order valence-corrected chi connectivity index (χ4v) is 3.14. The molecule has 1 aliphatic heterocycles. The number of likely N-dealkylation sites (tertiary alicyclic amines) is 1. The molecule has 1 saturated heterocycles. The van der Waals surface area contributed by atoms with Crippen molar-refractivity contribution in [2.45, 2.75) is 52.1 Å². The van der Waals surface area contributed by atoms with Crippen LogP contribution < -0.4 is 5.32 Å². The molecule has 0 bridgehead atoms. The zero-order chi connectivity index (χ0) is 13.7. The summed E-state index contributed by atoms with van der Waals surface area (Å²) >= 11 is 0. The van der Waals surface area contributed by atoms with Gasteiger partial charge in [0.05, 0.1) is 12.3 Å². The number of rotatable bonds is 6. The summed E-state index contributed by atoms with van der Waals surface area (Å²) in [6.45, 7) is 10.6. The van der Waals surface area contributed by atoms with Crippen LogP contribution in [0.5, 0.6) is 0 Å². The molecule has 0 aromatic carbocycles. The van der Waals surface area contributed by atoms with Crippen molar-refractivity contribution in [1.29, 1.82) is 0 Å². The Morgan fingerprint density at radius 3 is 2.68 bits per heavy atom. The standard InChI is InChI=1S/C16H28N2O/c1-4-9-18-10-7-15(8-11-18)13(2)17-14(3)16-6-5-12-19-16/h5-6,12-15,17H,4,7-11H2,1-3H3/t13?,14-/m0/s1. The van der Waals surface area contributed by atoms with Crippen LogP contribution >= 0.6 is 0 Å². The quantitative estimate of drug-likeness (QED) is 0.853. The summed E-state index contributed by atoms with van der Waals surface area (Å²) in [7, 11) is 0. The number of furan rings is 1. The van der Waals surface area contributed by atoms with E-state index in [1.807, 2.05) is 12.1 Å². The highest BCUT2D eigenvalue weighted by molar-refractivity contribution is 5.03. The maximum atomic E-state index is 5.46. The molecular weight excluding hydrogens is 236 g/mol. The third-order valence-electron chi connectivity index (χ3n) is 4.36. The molecule has 3 heteroatoms. The summed E-state index contributed by atoms with van der Waals surface area (Å²) in [5, 5.41) is 3.69. The SMILES string of the molecule is CCCN1CCC(C(C)N[C@@H](C)c2ccco2)CC1. The average Bonchev–Trinajstić information content (AvgIpc) is 2.94. The van der Waals surface area contributed by atoms with E-state index in [1.165, 1.54) is 38.9 Å². The lowest BCUT2D eigenvalue weighted by Crippen LogP contribution is -2.42. The van der Waals surface area contributed by atoms with E-state index in [0.717, 1.165) is 11.7 Å². The van der Waals surface area contributed by atoms with E-state index in [2.05, 4.69) is 31.0 Å². The van der Waals surface area contributed by atoms with E-state index in [0.29, 0.717) is 12.1 Å². The summed E-state index contributed by atoms with van der Waals surface area (Å²) in [5.74, 6) is 1.83. The summed E-state index contributed by atoms with van der Waals surface area (Å²) in [5.41, 5.74) is 0. The normalized spacial score (nSPS) is 21.4. The molecule has 1 N–H and O–H groups in total. The zero-order valence-electron chi connectivity index (χ0n) is 12.6. The topological polar surface area (TPSA) is 28.4 Å². The third-order valence-corrected chi connectivity index (χ3v) is 4.36. The number of nitrogens with zero attached hydrogens (tertiary/aromatic N) is 1. The van der Waals surface area contributed by atoms with Crippen LogP contribution in [0.1, 0.15) is 51.8 Å². The summed E-state index contributed by atoms with van der Waals surface area (Å²) in [6.07, 6.45) is 5.66. The number of hydrogen-bond donors (Lipinski definition) is 1. The van der Waals surface area contributed by atoms with Crippen LogP contribution in [-0.4, -0.2) is 30.6 Å². The largest absolute Gasteiger partial charge is 0.468 e. The minimum absolute atomic E-state index is 0.304. The third kappa shape index (κ3) is 4.08. The van der Waals surface area contributed by atoms with E-state index in [9.17, 15) is 0 Å². The number of piperidine rings is 1. The predicted octanol–water partition coefficient (Wildman–Crippen LogP) is 3.44. The molecule has 108 valence electrons. The lowest BCUT2D eigenvalue weighted by Gasteiger charge is -2.35. The van der Waals surface area contributed by atoms with Gasteiger partial charge in [0.2, 0.25) is 0 Å². The van der Waals surface area contributed by atoms with E-state index in [4.69, 9.17) is 4.42 Å². The Morgan fingerprint density at radius 1 is 1.37 bits per heavy atom. The molecule has 2 heterocycles.